The van der Waals surface area contributed by atoms with Crippen LogP contribution in [0.25, 0.3) is 0 Å². The first-order valence-corrected chi connectivity index (χ1v) is 2.91. The van der Waals surface area contributed by atoms with Crippen LogP contribution in [0, 0.1) is 0 Å². The van der Waals surface area contributed by atoms with Crippen molar-refractivity contribution in [3.8, 4) is 0 Å². The summed E-state index contributed by atoms with van der Waals surface area (Å²) in [5.74, 6) is 0. The van der Waals surface area contributed by atoms with Crippen LogP contribution in [-0.4, -0.2) is 24.4 Å². The summed E-state index contributed by atoms with van der Waals surface area (Å²) in [6.07, 6.45) is 0. The molecule has 0 atom stereocenters. The van der Waals surface area contributed by atoms with E-state index >= 15 is 0 Å². The highest BCUT2D eigenvalue weighted by Crippen LogP contribution is 2.23. The van der Waals surface area contributed by atoms with Crippen molar-refractivity contribution in [2.45, 2.75) is 38.9 Å². The summed E-state index contributed by atoms with van der Waals surface area (Å²) in [4.78, 5) is 0. The summed E-state index contributed by atoms with van der Waals surface area (Å²) in [5, 5.41) is 9.34. The van der Waals surface area contributed by atoms with E-state index in [4.69, 9.17) is 8.05 Å². The molecule has 0 spiro atoms. The Morgan fingerprint density at radius 1 is 1.22 bits per heavy atom. The molecule has 0 saturated heterocycles. The molecule has 0 fully saturated rings. The summed E-state index contributed by atoms with van der Waals surface area (Å²) in [6, 6.07) is 0. The first kappa shape index (κ1) is 8.98. The molecule has 52 valence electrons. The van der Waals surface area contributed by atoms with Gasteiger partial charge in [-0.3, -0.25) is 0 Å². The van der Waals surface area contributed by atoms with E-state index in [0.29, 0.717) is 0 Å². The minimum Gasteiger partial charge on any atom is -0.440 e. The van der Waals surface area contributed by atoms with E-state index in [1.54, 1.807) is 27.7 Å². The predicted octanol–water partition coefficient (Wildman–Crippen LogP) is 0.636. The van der Waals surface area contributed by atoms with E-state index in [2.05, 4.69) is 4.65 Å². The molecule has 0 heterocycles. The lowest BCUT2D eigenvalue weighted by Gasteiger charge is -2.36. The molecule has 0 aromatic heterocycles. The van der Waals surface area contributed by atoms with Crippen molar-refractivity contribution in [3.05, 3.63) is 0 Å². The van der Waals surface area contributed by atoms with Crippen LogP contribution in [0.5, 0.6) is 0 Å². The fourth-order valence-electron chi connectivity index (χ4n) is 0.144. The van der Waals surface area contributed by atoms with E-state index in [9.17, 15) is 5.11 Å². The molecule has 0 aliphatic carbocycles. The average Bonchev–Trinajstić information content (AvgIpc) is 1.64. The highest BCUT2D eigenvalue weighted by molar-refractivity contribution is 5.98. The van der Waals surface area contributed by atoms with Gasteiger partial charge in [-0.1, -0.05) is 0 Å². The molecule has 0 aliphatic heterocycles. The van der Waals surface area contributed by atoms with Gasteiger partial charge in [-0.05, 0) is 27.7 Å². The summed E-state index contributed by atoms with van der Waals surface area (Å²) < 4.78 is 4.55. The number of aliphatic hydroxyl groups is 1. The fourth-order valence-corrected chi connectivity index (χ4v) is 0.144. The van der Waals surface area contributed by atoms with Crippen LogP contribution in [0.4, 0.5) is 0 Å². The third kappa shape index (κ3) is 1.99. The van der Waals surface area contributed by atoms with Crippen LogP contribution in [0.3, 0.4) is 0 Å². The van der Waals surface area contributed by atoms with Gasteiger partial charge >= 0.3 is 0 Å². The second kappa shape index (κ2) is 2.31. The Balaban J connectivity index is 4.14. The van der Waals surface area contributed by atoms with Crippen LogP contribution < -0.4 is 0 Å². The molecule has 0 aliphatic rings. The Morgan fingerprint density at radius 2 is 1.56 bits per heavy atom. The van der Waals surface area contributed by atoms with E-state index in [0.717, 1.165) is 0 Å². The van der Waals surface area contributed by atoms with E-state index in [-0.39, 0.29) is 0 Å². The summed E-state index contributed by atoms with van der Waals surface area (Å²) in [6.45, 7) is 6.76. The highest BCUT2D eigenvalue weighted by atomic mass is 16.5. The van der Waals surface area contributed by atoms with Crippen LogP contribution in [0.1, 0.15) is 27.7 Å². The molecule has 0 amide bonds. The Bertz CT molecular complexity index is 93.7. The lowest BCUT2D eigenvalue weighted by molar-refractivity contribution is -0.0876. The maximum absolute atomic E-state index is 9.34. The molecule has 0 saturated carbocycles. The molecule has 0 unspecified atom stereocenters. The summed E-state index contributed by atoms with van der Waals surface area (Å²) in [7, 11) is 4.93. The summed E-state index contributed by atoms with van der Waals surface area (Å²) in [5.41, 5.74) is -1.59. The normalized spacial score (nSPS) is 13.9. The van der Waals surface area contributed by atoms with Gasteiger partial charge in [0.15, 0.2) is 0 Å². The minimum absolute atomic E-state index is 0.688. The van der Waals surface area contributed by atoms with Crippen molar-refractivity contribution in [2.24, 2.45) is 0 Å². The maximum Gasteiger partial charge on any atom is 0.283 e. The van der Waals surface area contributed by atoms with Gasteiger partial charge in [0.05, 0.1) is 11.2 Å². The molecule has 2 nitrogen and oxygen atoms in total. The lowest BCUT2D eigenvalue weighted by atomic mass is 9.89. The number of hydrogen-bond acceptors (Lipinski definition) is 2. The van der Waals surface area contributed by atoms with Gasteiger partial charge < -0.3 is 9.76 Å². The van der Waals surface area contributed by atoms with E-state index < -0.39 is 11.2 Å². The second-order valence-corrected chi connectivity index (χ2v) is 3.19. The van der Waals surface area contributed by atoms with Crippen molar-refractivity contribution in [1.29, 1.82) is 0 Å². The van der Waals surface area contributed by atoms with Crippen LogP contribution in [0.2, 0.25) is 0 Å². The Labute approximate surface area is 57.7 Å². The van der Waals surface area contributed by atoms with Crippen molar-refractivity contribution in [3.63, 3.8) is 0 Å². The smallest absolute Gasteiger partial charge is 0.283 e. The minimum atomic E-state index is -0.901. The Kier molecular flexibility index (Phi) is 2.31. The maximum atomic E-state index is 9.34. The zero-order valence-corrected chi connectivity index (χ0v) is 6.43. The van der Waals surface area contributed by atoms with Crippen LogP contribution in [-0.2, 0) is 4.65 Å². The van der Waals surface area contributed by atoms with Gasteiger partial charge in [0, 0.05) is 0 Å². The van der Waals surface area contributed by atoms with E-state index in [1.165, 1.54) is 0 Å². The first-order chi connectivity index (χ1) is 3.81. The largest absolute Gasteiger partial charge is 0.440 e. The molecule has 0 bridgehead atoms. The molecule has 0 aromatic rings. The zero-order valence-electron chi connectivity index (χ0n) is 6.43. The van der Waals surface area contributed by atoms with Gasteiger partial charge in [0.2, 0.25) is 0 Å². The van der Waals surface area contributed by atoms with Gasteiger partial charge in [0.25, 0.3) is 8.05 Å². The van der Waals surface area contributed by atoms with Crippen LogP contribution in [0.15, 0.2) is 0 Å². The fraction of sp³-hybridized carbons (Fsp3) is 1.00. The molecule has 1 N–H and O–H groups in total. The Hall–Kier alpha value is -0.0151. The van der Waals surface area contributed by atoms with Gasteiger partial charge in [-0.25, -0.2) is 0 Å². The van der Waals surface area contributed by atoms with E-state index in [1.807, 2.05) is 0 Å². The van der Waals surface area contributed by atoms with Gasteiger partial charge in [-0.2, -0.15) is 0 Å². The van der Waals surface area contributed by atoms with Crippen molar-refractivity contribution in [2.75, 3.05) is 0 Å². The molecule has 2 radical (unpaired) electrons. The van der Waals surface area contributed by atoms with Crippen molar-refractivity contribution < 1.29 is 9.76 Å². The van der Waals surface area contributed by atoms with Crippen LogP contribution >= 0.6 is 0 Å². The molecule has 0 rings (SSSR count). The predicted molar refractivity (Wildman–Crippen MR) is 37.2 cm³/mol. The molecule has 3 heteroatoms. The van der Waals surface area contributed by atoms with Gasteiger partial charge in [-0.15, -0.1) is 0 Å². The summed E-state index contributed by atoms with van der Waals surface area (Å²) >= 11 is 0. The topological polar surface area (TPSA) is 29.5 Å². The molecule has 9 heavy (non-hydrogen) atoms. The highest BCUT2D eigenvalue weighted by Gasteiger charge is 2.33. The first-order valence-electron chi connectivity index (χ1n) is 2.91. The number of hydrogen-bond donors (Lipinski definition) is 1. The van der Waals surface area contributed by atoms with Gasteiger partial charge in [0.1, 0.15) is 0 Å². The van der Waals surface area contributed by atoms with Crippen molar-refractivity contribution >= 4 is 8.05 Å². The molecular formula is C6H13BO2. The average molecular weight is 128 g/mol. The third-order valence-corrected chi connectivity index (χ3v) is 1.77. The monoisotopic (exact) mass is 128 g/mol. The quantitative estimate of drug-likeness (QED) is 0.552. The Morgan fingerprint density at radius 3 is 1.56 bits per heavy atom. The zero-order chi connectivity index (χ0) is 7.71. The number of rotatable bonds is 2. The second-order valence-electron chi connectivity index (χ2n) is 3.19. The SMILES string of the molecule is [B]OC(C)(C)C(C)(C)O. The molecular weight excluding hydrogens is 115 g/mol. The standard InChI is InChI=1S/C6H13BO2/c1-5(2,8)6(3,4)9-7/h8H,1-4H3. The lowest BCUT2D eigenvalue weighted by Crippen LogP contribution is -2.46. The molecule has 0 aromatic carbocycles. The van der Waals surface area contributed by atoms with Crippen molar-refractivity contribution in [1.82, 2.24) is 0 Å². The third-order valence-electron chi connectivity index (χ3n) is 1.77.